The van der Waals surface area contributed by atoms with Gasteiger partial charge in [-0.05, 0) is 119 Å². The molecule has 70 heavy (non-hydrogen) atoms. The van der Waals surface area contributed by atoms with Gasteiger partial charge in [-0.1, -0.05) is 257 Å². The number of nitrogens with zero attached hydrogens (tertiary/aromatic N) is 1. The molecule has 0 spiro atoms. The average Bonchev–Trinajstić information content (AvgIpc) is 3.72. The Kier molecular flexibility index (Phi) is 10.7. The SMILES string of the molecule is CC(C)(C)c1ccc(-c2ccc(N(c3ccc4c(c3)-c3ccccc3C4(c3ccccc3)c3ccccc3)c3ccc4ccccc4c3-c3ccc(-c4ccccc4)cc3)c(-c3ccccc3)c2)cc1. The highest BCUT2D eigenvalue weighted by Gasteiger charge is 2.46. The summed E-state index contributed by atoms with van der Waals surface area (Å²) in [5, 5.41) is 2.40. The van der Waals surface area contributed by atoms with E-state index in [1.54, 1.807) is 0 Å². The van der Waals surface area contributed by atoms with Gasteiger partial charge in [0.25, 0.3) is 0 Å². The Morgan fingerprint density at radius 2 is 0.829 bits per heavy atom. The van der Waals surface area contributed by atoms with Crippen molar-refractivity contribution < 1.29 is 0 Å². The molecule has 1 nitrogen and oxygen atoms in total. The average molecular weight is 896 g/mol. The minimum atomic E-state index is -0.508. The Morgan fingerprint density at radius 1 is 0.329 bits per heavy atom. The van der Waals surface area contributed by atoms with E-state index in [0.29, 0.717) is 0 Å². The van der Waals surface area contributed by atoms with Gasteiger partial charge in [0.1, 0.15) is 0 Å². The zero-order valence-electron chi connectivity index (χ0n) is 39.9. The van der Waals surface area contributed by atoms with Gasteiger partial charge < -0.3 is 4.90 Å². The molecule has 11 aromatic carbocycles. The lowest BCUT2D eigenvalue weighted by atomic mass is 9.68. The molecule has 0 aliphatic heterocycles. The number of hydrogen-bond donors (Lipinski definition) is 0. The second-order valence-corrected chi connectivity index (χ2v) is 19.6. The fourth-order valence-corrected chi connectivity index (χ4v) is 11.1. The van der Waals surface area contributed by atoms with E-state index < -0.39 is 5.41 Å². The van der Waals surface area contributed by atoms with Crippen LogP contribution in [0.4, 0.5) is 17.1 Å². The summed E-state index contributed by atoms with van der Waals surface area (Å²) < 4.78 is 0. The van der Waals surface area contributed by atoms with E-state index in [1.807, 2.05) is 0 Å². The number of hydrogen-bond acceptors (Lipinski definition) is 1. The summed E-state index contributed by atoms with van der Waals surface area (Å²) in [7, 11) is 0. The van der Waals surface area contributed by atoms with Crippen molar-refractivity contribution >= 4 is 27.8 Å². The molecule has 0 fully saturated rings. The maximum atomic E-state index is 2.54. The molecule has 0 amide bonds. The topological polar surface area (TPSA) is 3.24 Å². The maximum absolute atomic E-state index is 2.54. The molecule has 0 aromatic heterocycles. The van der Waals surface area contributed by atoms with Crippen molar-refractivity contribution in [3.8, 4) is 55.6 Å². The molecular weight excluding hydrogens is 843 g/mol. The molecule has 0 bridgehead atoms. The first-order chi connectivity index (χ1) is 34.4. The summed E-state index contributed by atoms with van der Waals surface area (Å²) in [5.41, 5.74) is 21.2. The molecule has 0 saturated carbocycles. The summed E-state index contributed by atoms with van der Waals surface area (Å²) >= 11 is 0. The van der Waals surface area contributed by atoms with Crippen LogP contribution < -0.4 is 4.90 Å². The lowest BCUT2D eigenvalue weighted by Crippen LogP contribution is -2.28. The fourth-order valence-electron chi connectivity index (χ4n) is 11.1. The van der Waals surface area contributed by atoms with Gasteiger partial charge in [0.05, 0.1) is 16.8 Å². The number of rotatable bonds is 9. The maximum Gasteiger partial charge on any atom is 0.0713 e. The first-order valence-corrected chi connectivity index (χ1v) is 24.5. The van der Waals surface area contributed by atoms with Gasteiger partial charge in [-0.2, -0.15) is 0 Å². The first-order valence-electron chi connectivity index (χ1n) is 24.5. The standard InChI is InChI=1S/C69H53N/c1-68(2,3)55-40-36-50(37-41-55)54-39-44-65(61(46-54)51-22-10-5-11-23-51)70(66-45-38-52-24-16-17-29-59(52)67(66)53-34-32-49(33-35-53)48-20-8-4-9-21-48)58-42-43-64-62(47-58)60-30-18-19-31-63(60)69(64,56-25-12-6-13-26-56)57-27-14-7-15-28-57/h4-47H,1-3H3. The van der Waals surface area contributed by atoms with Crippen LogP contribution in [0.5, 0.6) is 0 Å². The Labute approximate surface area is 412 Å². The van der Waals surface area contributed by atoms with E-state index in [0.717, 1.165) is 33.8 Å². The van der Waals surface area contributed by atoms with Crippen LogP contribution in [0.2, 0.25) is 0 Å². The Balaban J connectivity index is 1.14. The molecule has 0 atom stereocenters. The van der Waals surface area contributed by atoms with E-state index in [1.165, 1.54) is 77.5 Å². The van der Waals surface area contributed by atoms with Gasteiger partial charge in [-0.25, -0.2) is 0 Å². The van der Waals surface area contributed by atoms with Crippen molar-refractivity contribution in [1.29, 1.82) is 0 Å². The quantitative estimate of drug-likeness (QED) is 0.140. The lowest BCUT2D eigenvalue weighted by molar-refractivity contribution is 0.590. The van der Waals surface area contributed by atoms with Crippen LogP contribution in [-0.4, -0.2) is 0 Å². The van der Waals surface area contributed by atoms with Gasteiger partial charge in [0.2, 0.25) is 0 Å². The number of benzene rings is 11. The second kappa shape index (κ2) is 17.5. The molecule has 1 heteroatoms. The van der Waals surface area contributed by atoms with E-state index in [2.05, 4.69) is 293 Å². The van der Waals surface area contributed by atoms with Crippen LogP contribution in [0.15, 0.2) is 267 Å². The molecule has 1 aliphatic carbocycles. The molecule has 11 aromatic rings. The third-order valence-corrected chi connectivity index (χ3v) is 14.5. The Morgan fingerprint density at radius 3 is 1.50 bits per heavy atom. The monoisotopic (exact) mass is 895 g/mol. The van der Waals surface area contributed by atoms with Crippen molar-refractivity contribution in [3.63, 3.8) is 0 Å². The number of anilines is 3. The molecule has 0 heterocycles. The van der Waals surface area contributed by atoms with Crippen LogP contribution in [0, 0.1) is 0 Å². The largest absolute Gasteiger partial charge is 0.309 e. The fraction of sp³-hybridized carbons (Fsp3) is 0.0725. The van der Waals surface area contributed by atoms with Gasteiger partial charge in [-0.15, -0.1) is 0 Å². The molecule has 1 aliphatic rings. The summed E-state index contributed by atoms with van der Waals surface area (Å²) in [5.74, 6) is 0. The lowest BCUT2D eigenvalue weighted by Gasteiger charge is -2.34. The predicted molar refractivity (Wildman–Crippen MR) is 296 cm³/mol. The summed E-state index contributed by atoms with van der Waals surface area (Å²) in [6.45, 7) is 6.83. The van der Waals surface area contributed by atoms with E-state index in [4.69, 9.17) is 0 Å². The zero-order chi connectivity index (χ0) is 47.2. The van der Waals surface area contributed by atoms with Crippen LogP contribution in [0.25, 0.3) is 66.4 Å². The van der Waals surface area contributed by atoms with Gasteiger partial charge >= 0.3 is 0 Å². The van der Waals surface area contributed by atoms with Crippen LogP contribution in [0.1, 0.15) is 48.6 Å². The van der Waals surface area contributed by atoms with E-state index >= 15 is 0 Å². The minimum absolute atomic E-state index is 0.0652. The van der Waals surface area contributed by atoms with E-state index in [-0.39, 0.29) is 5.41 Å². The summed E-state index contributed by atoms with van der Waals surface area (Å²) in [6, 6.07) is 98.9. The summed E-state index contributed by atoms with van der Waals surface area (Å²) in [6.07, 6.45) is 0. The molecule has 0 radical (unpaired) electrons. The highest BCUT2D eigenvalue weighted by molar-refractivity contribution is 6.07. The molecule has 12 rings (SSSR count). The highest BCUT2D eigenvalue weighted by Crippen LogP contribution is 2.58. The zero-order valence-corrected chi connectivity index (χ0v) is 39.9. The smallest absolute Gasteiger partial charge is 0.0713 e. The minimum Gasteiger partial charge on any atom is -0.309 e. The van der Waals surface area contributed by atoms with Crippen LogP contribution >= 0.6 is 0 Å². The third kappa shape index (κ3) is 7.34. The molecule has 0 N–H and O–H groups in total. The molecular formula is C69H53N. The first kappa shape index (κ1) is 42.8. The third-order valence-electron chi connectivity index (χ3n) is 14.5. The Hall–Kier alpha value is -8.52. The normalized spacial score (nSPS) is 12.6. The van der Waals surface area contributed by atoms with Crippen LogP contribution in [-0.2, 0) is 10.8 Å². The van der Waals surface area contributed by atoms with Crippen LogP contribution in [0.3, 0.4) is 0 Å². The van der Waals surface area contributed by atoms with Crippen molar-refractivity contribution in [3.05, 3.63) is 295 Å². The Bertz CT molecular complexity index is 3600. The highest BCUT2D eigenvalue weighted by atomic mass is 15.1. The predicted octanol–water partition coefficient (Wildman–Crippen LogP) is 18.6. The molecule has 0 unspecified atom stereocenters. The number of fused-ring (bicyclic) bond motifs is 4. The summed E-state index contributed by atoms with van der Waals surface area (Å²) in [4.78, 5) is 2.54. The second-order valence-electron chi connectivity index (χ2n) is 19.6. The van der Waals surface area contributed by atoms with E-state index in [9.17, 15) is 0 Å². The van der Waals surface area contributed by atoms with Gasteiger partial charge in [-0.3, -0.25) is 0 Å². The van der Waals surface area contributed by atoms with Crippen molar-refractivity contribution in [2.45, 2.75) is 31.6 Å². The van der Waals surface area contributed by atoms with Crippen molar-refractivity contribution in [1.82, 2.24) is 0 Å². The van der Waals surface area contributed by atoms with Crippen molar-refractivity contribution in [2.75, 3.05) is 4.90 Å². The molecule has 0 saturated heterocycles. The molecule has 334 valence electrons. The van der Waals surface area contributed by atoms with Crippen molar-refractivity contribution in [2.24, 2.45) is 0 Å². The van der Waals surface area contributed by atoms with Gasteiger partial charge in [0, 0.05) is 16.8 Å². The van der Waals surface area contributed by atoms with Gasteiger partial charge in [0.15, 0.2) is 0 Å².